The highest BCUT2D eigenvalue weighted by Crippen LogP contribution is 2.35. The molecule has 84 valence electrons. The van der Waals surface area contributed by atoms with Gasteiger partial charge in [0.15, 0.2) is 11.5 Å². The van der Waals surface area contributed by atoms with E-state index in [0.717, 1.165) is 24.3 Å². The molecule has 1 aromatic carbocycles. The van der Waals surface area contributed by atoms with E-state index >= 15 is 0 Å². The minimum Gasteiger partial charge on any atom is -0.493 e. The lowest BCUT2D eigenvalue weighted by Gasteiger charge is -2.13. The first-order valence-corrected chi connectivity index (χ1v) is 5.16. The van der Waals surface area contributed by atoms with Crippen LogP contribution in [0.2, 0.25) is 5.02 Å². The number of halogens is 1. The Hall–Kier alpha value is -0.930. The normalized spacial score (nSPS) is 10.1. The zero-order valence-electron chi connectivity index (χ0n) is 9.26. The largest absolute Gasteiger partial charge is 0.493 e. The molecule has 0 aliphatic carbocycles. The SMILES string of the molecule is CNCCc1c(Cl)ccc(OC)c1OC. The van der Waals surface area contributed by atoms with Crippen LogP contribution in [-0.4, -0.2) is 27.8 Å². The average molecular weight is 230 g/mol. The third kappa shape index (κ3) is 2.76. The number of nitrogens with one attached hydrogen (secondary N) is 1. The fraction of sp³-hybridized carbons (Fsp3) is 0.455. The van der Waals surface area contributed by atoms with Crippen LogP contribution in [0.25, 0.3) is 0 Å². The van der Waals surface area contributed by atoms with E-state index in [0.29, 0.717) is 10.8 Å². The molecule has 0 saturated carbocycles. The summed E-state index contributed by atoms with van der Waals surface area (Å²) >= 11 is 6.11. The van der Waals surface area contributed by atoms with E-state index < -0.39 is 0 Å². The molecule has 4 heteroatoms. The zero-order valence-corrected chi connectivity index (χ0v) is 10.0. The molecule has 0 aromatic heterocycles. The van der Waals surface area contributed by atoms with E-state index in [9.17, 15) is 0 Å². The van der Waals surface area contributed by atoms with Crippen molar-refractivity contribution in [1.82, 2.24) is 5.32 Å². The van der Waals surface area contributed by atoms with Gasteiger partial charge in [-0.2, -0.15) is 0 Å². The first-order chi connectivity index (χ1) is 7.24. The summed E-state index contributed by atoms with van der Waals surface area (Å²) in [7, 11) is 5.14. The highest BCUT2D eigenvalue weighted by Gasteiger charge is 2.12. The molecule has 0 aliphatic rings. The predicted molar refractivity (Wildman–Crippen MR) is 62.2 cm³/mol. The second-order valence-electron chi connectivity index (χ2n) is 3.12. The van der Waals surface area contributed by atoms with E-state index in [2.05, 4.69) is 5.32 Å². The number of benzene rings is 1. The standard InChI is InChI=1S/C11H16ClNO2/c1-13-7-6-8-9(12)4-5-10(14-2)11(8)15-3/h4-5,13H,6-7H2,1-3H3. The van der Waals surface area contributed by atoms with E-state index in [1.165, 1.54) is 0 Å². The smallest absolute Gasteiger partial charge is 0.165 e. The van der Waals surface area contributed by atoms with Crippen LogP contribution < -0.4 is 14.8 Å². The van der Waals surface area contributed by atoms with E-state index in [1.807, 2.05) is 19.2 Å². The maximum absolute atomic E-state index is 6.11. The van der Waals surface area contributed by atoms with Crippen molar-refractivity contribution in [2.75, 3.05) is 27.8 Å². The summed E-state index contributed by atoms with van der Waals surface area (Å²) in [6, 6.07) is 3.64. The number of hydrogen-bond donors (Lipinski definition) is 1. The molecule has 0 aliphatic heterocycles. The summed E-state index contributed by atoms with van der Waals surface area (Å²) in [4.78, 5) is 0. The van der Waals surface area contributed by atoms with Crippen molar-refractivity contribution in [2.24, 2.45) is 0 Å². The van der Waals surface area contributed by atoms with Crippen molar-refractivity contribution in [1.29, 1.82) is 0 Å². The lowest BCUT2D eigenvalue weighted by Crippen LogP contribution is -2.11. The molecule has 15 heavy (non-hydrogen) atoms. The van der Waals surface area contributed by atoms with Crippen molar-refractivity contribution in [2.45, 2.75) is 6.42 Å². The second kappa shape index (κ2) is 5.83. The van der Waals surface area contributed by atoms with Crippen LogP contribution in [0.4, 0.5) is 0 Å². The van der Waals surface area contributed by atoms with Crippen molar-refractivity contribution in [3.8, 4) is 11.5 Å². The summed E-state index contributed by atoms with van der Waals surface area (Å²) < 4.78 is 10.5. The van der Waals surface area contributed by atoms with Gasteiger partial charge in [0.25, 0.3) is 0 Å². The molecule has 0 amide bonds. The van der Waals surface area contributed by atoms with Crippen LogP contribution in [0.5, 0.6) is 11.5 Å². The Labute approximate surface area is 95.3 Å². The fourth-order valence-electron chi connectivity index (χ4n) is 1.45. The Morgan fingerprint density at radius 3 is 2.53 bits per heavy atom. The first-order valence-electron chi connectivity index (χ1n) is 4.78. The molecule has 0 radical (unpaired) electrons. The first kappa shape index (κ1) is 12.1. The van der Waals surface area contributed by atoms with Gasteiger partial charge in [0.1, 0.15) is 0 Å². The molecular weight excluding hydrogens is 214 g/mol. The zero-order chi connectivity index (χ0) is 11.3. The molecule has 1 aromatic rings. The quantitative estimate of drug-likeness (QED) is 0.839. The molecule has 0 fully saturated rings. The van der Waals surface area contributed by atoms with E-state index in [1.54, 1.807) is 14.2 Å². The Morgan fingerprint density at radius 1 is 1.27 bits per heavy atom. The summed E-state index contributed by atoms with van der Waals surface area (Å²) in [5, 5.41) is 3.79. The van der Waals surface area contributed by atoms with Gasteiger partial charge in [-0.15, -0.1) is 0 Å². The highest BCUT2D eigenvalue weighted by atomic mass is 35.5. The number of likely N-dealkylation sites (N-methyl/N-ethyl adjacent to an activating group) is 1. The van der Waals surface area contributed by atoms with Gasteiger partial charge in [0.05, 0.1) is 14.2 Å². The Kier molecular flexibility index (Phi) is 4.72. The Balaban J connectivity index is 3.07. The molecule has 0 saturated heterocycles. The minimum absolute atomic E-state index is 0.711. The Morgan fingerprint density at radius 2 is 2.00 bits per heavy atom. The number of ether oxygens (including phenoxy) is 2. The maximum atomic E-state index is 6.11. The molecule has 1 N–H and O–H groups in total. The van der Waals surface area contributed by atoms with E-state index in [4.69, 9.17) is 21.1 Å². The maximum Gasteiger partial charge on any atom is 0.165 e. The lowest BCUT2D eigenvalue weighted by atomic mass is 10.1. The topological polar surface area (TPSA) is 30.5 Å². The minimum atomic E-state index is 0.711. The molecule has 0 bridgehead atoms. The van der Waals surface area contributed by atoms with Gasteiger partial charge in [-0.1, -0.05) is 11.6 Å². The number of hydrogen-bond acceptors (Lipinski definition) is 3. The van der Waals surface area contributed by atoms with Crippen LogP contribution in [0.15, 0.2) is 12.1 Å². The van der Waals surface area contributed by atoms with Gasteiger partial charge in [0.2, 0.25) is 0 Å². The number of methoxy groups -OCH3 is 2. The van der Waals surface area contributed by atoms with Gasteiger partial charge >= 0.3 is 0 Å². The van der Waals surface area contributed by atoms with Crippen LogP contribution in [-0.2, 0) is 6.42 Å². The molecular formula is C11H16ClNO2. The number of rotatable bonds is 5. The molecule has 0 spiro atoms. The van der Waals surface area contributed by atoms with Gasteiger partial charge in [-0.25, -0.2) is 0 Å². The highest BCUT2D eigenvalue weighted by molar-refractivity contribution is 6.31. The Bertz CT molecular complexity index is 329. The summed E-state index contributed by atoms with van der Waals surface area (Å²) in [6.07, 6.45) is 0.815. The van der Waals surface area contributed by atoms with Gasteiger partial charge in [0, 0.05) is 10.6 Å². The monoisotopic (exact) mass is 229 g/mol. The molecule has 3 nitrogen and oxygen atoms in total. The predicted octanol–water partition coefficient (Wildman–Crippen LogP) is 2.12. The van der Waals surface area contributed by atoms with Gasteiger partial charge in [-0.05, 0) is 32.1 Å². The van der Waals surface area contributed by atoms with Crippen LogP contribution in [0, 0.1) is 0 Å². The lowest BCUT2D eigenvalue weighted by molar-refractivity contribution is 0.351. The summed E-state index contributed by atoms with van der Waals surface area (Å²) in [5.41, 5.74) is 0.980. The summed E-state index contributed by atoms with van der Waals surface area (Å²) in [6.45, 7) is 0.850. The van der Waals surface area contributed by atoms with Crippen molar-refractivity contribution in [3.63, 3.8) is 0 Å². The van der Waals surface area contributed by atoms with Gasteiger partial charge in [-0.3, -0.25) is 0 Å². The average Bonchev–Trinajstić information content (AvgIpc) is 2.27. The molecule has 0 unspecified atom stereocenters. The summed E-state index contributed by atoms with van der Waals surface area (Å²) in [5.74, 6) is 1.44. The van der Waals surface area contributed by atoms with Crippen LogP contribution >= 0.6 is 11.6 Å². The van der Waals surface area contributed by atoms with Crippen molar-refractivity contribution in [3.05, 3.63) is 22.7 Å². The van der Waals surface area contributed by atoms with Crippen molar-refractivity contribution < 1.29 is 9.47 Å². The molecule has 1 rings (SSSR count). The second-order valence-corrected chi connectivity index (χ2v) is 3.52. The molecule has 0 heterocycles. The van der Waals surface area contributed by atoms with Crippen LogP contribution in [0.1, 0.15) is 5.56 Å². The third-order valence-electron chi connectivity index (χ3n) is 2.22. The molecule has 0 atom stereocenters. The van der Waals surface area contributed by atoms with Crippen LogP contribution in [0.3, 0.4) is 0 Å². The third-order valence-corrected chi connectivity index (χ3v) is 2.57. The van der Waals surface area contributed by atoms with Crippen molar-refractivity contribution >= 4 is 11.6 Å². The van der Waals surface area contributed by atoms with E-state index in [-0.39, 0.29) is 0 Å². The van der Waals surface area contributed by atoms with Gasteiger partial charge < -0.3 is 14.8 Å². The fourth-order valence-corrected chi connectivity index (χ4v) is 1.69.